The highest BCUT2D eigenvalue weighted by molar-refractivity contribution is 6.30. The second-order valence-corrected chi connectivity index (χ2v) is 20.7. The quantitative estimate of drug-likeness (QED) is 0.0766. The fraction of sp³-hybridized carbons (Fsp3) is 0.393. The van der Waals surface area contributed by atoms with Crippen molar-refractivity contribution in [2.24, 2.45) is 5.73 Å². The van der Waals surface area contributed by atoms with Gasteiger partial charge in [-0.25, -0.2) is 9.97 Å². The topological polar surface area (TPSA) is 204 Å². The zero-order valence-corrected chi connectivity index (χ0v) is 43.3. The molecule has 3 fully saturated rings. The van der Waals surface area contributed by atoms with E-state index in [1.165, 1.54) is 18.2 Å². The number of aromatic amines is 1. The number of carbonyl (C=O) groups excluding carboxylic acids is 4. The molecular formula is C56H61ClF3N13O4. The van der Waals surface area contributed by atoms with Gasteiger partial charge in [-0.3, -0.25) is 28.8 Å². The number of alkyl halides is 3. The lowest BCUT2D eigenvalue weighted by Crippen LogP contribution is -2.60. The van der Waals surface area contributed by atoms with E-state index in [0.29, 0.717) is 127 Å². The van der Waals surface area contributed by atoms with Crippen molar-refractivity contribution in [2.75, 3.05) is 70.3 Å². The van der Waals surface area contributed by atoms with Crippen molar-refractivity contribution in [2.45, 2.75) is 75.2 Å². The minimum Gasteiger partial charge on any atom is -0.356 e. The van der Waals surface area contributed by atoms with E-state index in [0.717, 1.165) is 34.0 Å². The van der Waals surface area contributed by atoms with Crippen LogP contribution in [0.5, 0.6) is 0 Å². The van der Waals surface area contributed by atoms with Crippen LogP contribution in [0, 0.1) is 0 Å². The molecule has 7 aromatic rings. The second kappa shape index (κ2) is 23.0. The Morgan fingerprint density at radius 3 is 2.27 bits per heavy atom. The van der Waals surface area contributed by atoms with Crippen LogP contribution in [-0.4, -0.2) is 139 Å². The first-order chi connectivity index (χ1) is 37.2. The molecule has 3 aliphatic rings. The van der Waals surface area contributed by atoms with E-state index in [2.05, 4.69) is 45.7 Å². The Hall–Kier alpha value is -7.42. The molecule has 0 radical (unpaired) electrons. The largest absolute Gasteiger partial charge is 0.417 e. The van der Waals surface area contributed by atoms with Crippen LogP contribution in [0.3, 0.4) is 0 Å². The molecule has 402 valence electrons. The summed E-state index contributed by atoms with van der Waals surface area (Å²) in [6.45, 7) is 6.07. The van der Waals surface area contributed by atoms with Gasteiger partial charge >= 0.3 is 6.18 Å². The summed E-state index contributed by atoms with van der Waals surface area (Å²) in [6.07, 6.45) is 4.32. The maximum atomic E-state index is 14.0. The van der Waals surface area contributed by atoms with Crippen LogP contribution in [0.15, 0.2) is 110 Å². The number of hydrogen-bond donors (Lipinski definition) is 4. The second-order valence-electron chi connectivity index (χ2n) is 20.3. The van der Waals surface area contributed by atoms with Crippen molar-refractivity contribution in [3.05, 3.63) is 148 Å². The highest BCUT2D eigenvalue weighted by Gasteiger charge is 2.40. The van der Waals surface area contributed by atoms with E-state index < -0.39 is 17.3 Å². The van der Waals surface area contributed by atoms with E-state index in [4.69, 9.17) is 17.3 Å². The minimum absolute atomic E-state index is 0.00940. The summed E-state index contributed by atoms with van der Waals surface area (Å²) in [5.74, 6) is 0.338. The normalized spacial score (nSPS) is 16.9. The van der Waals surface area contributed by atoms with Crippen molar-refractivity contribution in [3.8, 4) is 0 Å². The predicted octanol–water partition coefficient (Wildman–Crippen LogP) is 7.15. The fourth-order valence-corrected chi connectivity index (χ4v) is 11.0. The number of nitrogens with zero attached hydrogens (tertiary/aromatic N) is 9. The standard InChI is InChI=1S/C56H61ClF3N13O4/c57-41-13-11-39(12-14-41)48(66-54(77)55(61)21-29-71(30-22-55)51-46-16-24-62-50(46)64-36-65-51)19-25-69-31-33-70(34-32-69)49(74)20-28-73-35-42(67-68-73)15-23-63-52(75)40-9-7-37(8-10-40)38-17-26-72(27-18-38)53(76)45-5-1-4-44-43(45)3-2-6-47(44)56(58,59)60/h1-14,16,24,35-36,38,48H,15,17-23,25-34,61H2,(H,63,75)(H,66,77)(H,62,64,65)/t48-/m0/s1. The number of hydrogen-bond acceptors (Lipinski definition) is 11. The van der Waals surface area contributed by atoms with Gasteiger partial charge in [-0.15, -0.1) is 5.10 Å². The number of halogens is 4. The summed E-state index contributed by atoms with van der Waals surface area (Å²) < 4.78 is 42.7. The molecule has 5 N–H and O–H groups in total. The molecular weight excluding hydrogens is 1010 g/mol. The molecule has 3 aliphatic heterocycles. The molecule has 0 bridgehead atoms. The van der Waals surface area contributed by atoms with Gasteiger partial charge in [0.2, 0.25) is 11.8 Å². The molecule has 21 heteroatoms. The lowest BCUT2D eigenvalue weighted by atomic mass is 9.87. The number of piperidine rings is 2. The number of anilines is 1. The summed E-state index contributed by atoms with van der Waals surface area (Å²) in [5.41, 5.74) is 9.27. The van der Waals surface area contributed by atoms with Gasteiger partial charge in [0.25, 0.3) is 11.8 Å². The summed E-state index contributed by atoms with van der Waals surface area (Å²) in [6, 6.07) is 25.0. The van der Waals surface area contributed by atoms with E-state index in [9.17, 15) is 32.3 Å². The van der Waals surface area contributed by atoms with E-state index >= 15 is 0 Å². The molecule has 10 rings (SSSR count). The monoisotopic (exact) mass is 1070 g/mol. The number of likely N-dealkylation sites (tertiary alicyclic amines) is 1. The van der Waals surface area contributed by atoms with Gasteiger partial charge in [0.1, 0.15) is 17.8 Å². The van der Waals surface area contributed by atoms with Crippen molar-refractivity contribution >= 4 is 62.9 Å². The molecule has 4 aromatic carbocycles. The number of aromatic nitrogens is 6. The van der Waals surface area contributed by atoms with Crippen molar-refractivity contribution in [3.63, 3.8) is 0 Å². The van der Waals surface area contributed by atoms with Crippen LogP contribution in [-0.2, 0) is 28.7 Å². The van der Waals surface area contributed by atoms with E-state index in [1.807, 2.05) is 53.6 Å². The third-order valence-corrected chi connectivity index (χ3v) is 15.7. The number of fused-ring (bicyclic) bond motifs is 2. The van der Waals surface area contributed by atoms with Gasteiger partial charge < -0.3 is 36.1 Å². The third-order valence-electron chi connectivity index (χ3n) is 15.5. The lowest BCUT2D eigenvalue weighted by molar-refractivity contribution is -0.136. The minimum atomic E-state index is -4.53. The molecule has 3 saturated heterocycles. The molecule has 0 unspecified atom stereocenters. The van der Waals surface area contributed by atoms with E-state index in [1.54, 1.807) is 46.4 Å². The van der Waals surface area contributed by atoms with Crippen LogP contribution in [0.1, 0.15) is 93.6 Å². The zero-order chi connectivity index (χ0) is 53.7. The van der Waals surface area contributed by atoms with Crippen molar-refractivity contribution in [1.82, 2.24) is 55.3 Å². The number of benzene rings is 4. The summed E-state index contributed by atoms with van der Waals surface area (Å²) >= 11 is 6.25. The average molecular weight is 1070 g/mol. The van der Waals surface area contributed by atoms with Crippen LogP contribution < -0.4 is 21.3 Å². The van der Waals surface area contributed by atoms with Gasteiger partial charge in [0.15, 0.2) is 0 Å². The van der Waals surface area contributed by atoms with Crippen LogP contribution in [0.25, 0.3) is 21.8 Å². The van der Waals surface area contributed by atoms with Gasteiger partial charge in [0.05, 0.1) is 34.8 Å². The van der Waals surface area contributed by atoms with Crippen LogP contribution >= 0.6 is 11.6 Å². The maximum absolute atomic E-state index is 14.0. The molecule has 1 atom stereocenters. The smallest absolute Gasteiger partial charge is 0.356 e. The number of rotatable bonds is 16. The molecule has 3 aromatic heterocycles. The Kier molecular flexibility index (Phi) is 15.9. The zero-order valence-electron chi connectivity index (χ0n) is 42.5. The molecule has 17 nitrogen and oxygen atoms in total. The Bertz CT molecular complexity index is 3220. The highest BCUT2D eigenvalue weighted by atomic mass is 35.5. The Labute approximate surface area is 448 Å². The number of H-pyrrole nitrogens is 1. The van der Waals surface area contributed by atoms with Crippen molar-refractivity contribution < 1.29 is 32.3 Å². The first-order valence-corrected chi connectivity index (χ1v) is 26.6. The SMILES string of the molecule is NC1(C(=O)N[C@@H](CCN2CCN(C(=O)CCn3cc(CCNC(=O)c4ccc(C5CCN(C(=O)c6cccc7c(C(F)(F)F)cccc67)CC5)cc4)nn3)CC2)c2ccc(Cl)cc2)CCN(c2ncnc3[nH]ccc23)CC1. The number of carbonyl (C=O) groups is 4. The highest BCUT2D eigenvalue weighted by Crippen LogP contribution is 2.37. The summed E-state index contributed by atoms with van der Waals surface area (Å²) in [5, 5.41) is 16.6. The molecule has 0 spiro atoms. The van der Waals surface area contributed by atoms with Crippen molar-refractivity contribution in [1.29, 1.82) is 0 Å². The third kappa shape index (κ3) is 12.2. The Morgan fingerprint density at radius 1 is 0.805 bits per heavy atom. The summed E-state index contributed by atoms with van der Waals surface area (Å²) in [7, 11) is 0. The summed E-state index contributed by atoms with van der Waals surface area (Å²) in [4.78, 5) is 73.9. The Morgan fingerprint density at radius 2 is 1.53 bits per heavy atom. The number of nitrogens with two attached hydrogens (primary N) is 1. The molecule has 4 amide bonds. The first-order valence-electron chi connectivity index (χ1n) is 26.2. The fourth-order valence-electron chi connectivity index (χ4n) is 10.9. The number of piperazine rings is 1. The van der Waals surface area contributed by atoms with Gasteiger partial charge in [-0.2, -0.15) is 13.2 Å². The van der Waals surface area contributed by atoms with Crippen LogP contribution in [0.2, 0.25) is 5.02 Å². The lowest BCUT2D eigenvalue weighted by Gasteiger charge is -2.39. The van der Waals surface area contributed by atoms with Crippen LogP contribution in [0.4, 0.5) is 19.0 Å². The van der Waals surface area contributed by atoms with Gasteiger partial charge in [0, 0.05) is 107 Å². The van der Waals surface area contributed by atoms with Gasteiger partial charge in [-0.1, -0.05) is 65.3 Å². The average Bonchev–Trinajstić information content (AvgIpc) is 4.15. The maximum Gasteiger partial charge on any atom is 0.417 e. The Balaban J connectivity index is 0.628. The molecule has 6 heterocycles. The van der Waals surface area contributed by atoms with E-state index in [-0.39, 0.29) is 58.3 Å². The first kappa shape index (κ1) is 53.0. The van der Waals surface area contributed by atoms with Gasteiger partial charge in [-0.05, 0) is 102 Å². The number of nitrogens with one attached hydrogen (secondary N) is 3. The predicted molar refractivity (Wildman–Crippen MR) is 286 cm³/mol. The molecule has 0 aliphatic carbocycles. The number of amides is 4. The number of aryl methyl sites for hydroxylation is 1. The molecule has 0 saturated carbocycles. The molecule has 77 heavy (non-hydrogen) atoms.